The predicted molar refractivity (Wildman–Crippen MR) is 114 cm³/mol. The fraction of sp³-hybridized carbons (Fsp3) is 0.435. The Kier molecular flexibility index (Phi) is 5.75. The summed E-state index contributed by atoms with van der Waals surface area (Å²) in [5, 5.41) is 15.3. The van der Waals surface area contributed by atoms with E-state index in [1.807, 2.05) is 36.4 Å². The van der Waals surface area contributed by atoms with Crippen molar-refractivity contribution in [3.8, 4) is 11.5 Å². The van der Waals surface area contributed by atoms with Crippen molar-refractivity contribution in [2.24, 2.45) is 5.92 Å². The van der Waals surface area contributed by atoms with Gasteiger partial charge in [-0.1, -0.05) is 27.3 Å². The van der Waals surface area contributed by atoms with Crippen LogP contribution in [0.5, 0.6) is 11.5 Å². The highest BCUT2D eigenvalue weighted by Crippen LogP contribution is 2.54. The van der Waals surface area contributed by atoms with Crippen LogP contribution in [-0.2, 0) is 5.41 Å². The quantitative estimate of drug-likeness (QED) is 0.735. The second kappa shape index (κ2) is 7.95. The Balaban J connectivity index is 0.00000240. The maximum atomic E-state index is 12.3. The minimum Gasteiger partial charge on any atom is -0.496 e. The van der Waals surface area contributed by atoms with Crippen molar-refractivity contribution in [3.05, 3.63) is 53.1 Å². The molecular weight excluding hydrogens is 368 g/mol. The lowest BCUT2D eigenvalue weighted by Crippen LogP contribution is -2.46. The molecule has 6 nitrogen and oxygen atoms in total. The largest absolute Gasteiger partial charge is 0.496 e. The number of carbonyl (C=O) groups is 1. The molecule has 1 amide bonds. The lowest BCUT2D eigenvalue weighted by molar-refractivity contribution is 0.0944. The lowest BCUT2D eigenvalue weighted by atomic mass is 9.65. The highest BCUT2D eigenvalue weighted by molar-refractivity contribution is 5.95. The maximum absolute atomic E-state index is 12.3. The molecular formula is C23H30N2O4. The van der Waals surface area contributed by atoms with Gasteiger partial charge in [0, 0.05) is 29.1 Å². The number of methoxy groups -OCH3 is 1. The molecule has 0 radical (unpaired) electrons. The highest BCUT2D eigenvalue weighted by Gasteiger charge is 2.47. The third-order valence-corrected chi connectivity index (χ3v) is 5.99. The standard InChI is InChI=1S/C22H26N2O4.CH4/c1-22(2)14-11-13(21(26)23-9-10-25)7-8-16(14)24-20-15(22)12-28-18-6-4-5-17(27-3)19(18)20;/h4-8,11,15,20,24-25H,9-10,12H2,1-3H3,(H,23,26);1H4. The summed E-state index contributed by atoms with van der Waals surface area (Å²) < 4.78 is 11.7. The van der Waals surface area contributed by atoms with E-state index >= 15 is 0 Å². The molecule has 2 aromatic rings. The van der Waals surface area contributed by atoms with Crippen molar-refractivity contribution in [1.82, 2.24) is 5.32 Å². The van der Waals surface area contributed by atoms with Gasteiger partial charge in [-0.25, -0.2) is 0 Å². The van der Waals surface area contributed by atoms with Gasteiger partial charge in [-0.2, -0.15) is 0 Å². The Hall–Kier alpha value is -2.73. The molecule has 0 aromatic heterocycles. The third kappa shape index (κ3) is 3.42. The van der Waals surface area contributed by atoms with Crippen LogP contribution in [0.25, 0.3) is 0 Å². The molecule has 4 rings (SSSR count). The number of anilines is 1. The van der Waals surface area contributed by atoms with Crippen molar-refractivity contribution in [2.45, 2.75) is 32.7 Å². The van der Waals surface area contributed by atoms with Crippen LogP contribution >= 0.6 is 0 Å². The summed E-state index contributed by atoms with van der Waals surface area (Å²) >= 11 is 0. The average Bonchev–Trinajstić information content (AvgIpc) is 2.71. The summed E-state index contributed by atoms with van der Waals surface area (Å²) in [6, 6.07) is 11.7. The Morgan fingerprint density at radius 1 is 1.34 bits per heavy atom. The van der Waals surface area contributed by atoms with Gasteiger partial charge >= 0.3 is 0 Å². The summed E-state index contributed by atoms with van der Waals surface area (Å²) in [7, 11) is 1.68. The average molecular weight is 399 g/mol. The summed E-state index contributed by atoms with van der Waals surface area (Å²) in [6.07, 6.45) is 0. The Morgan fingerprint density at radius 2 is 2.14 bits per heavy atom. The first-order valence-electron chi connectivity index (χ1n) is 9.57. The van der Waals surface area contributed by atoms with E-state index in [4.69, 9.17) is 14.6 Å². The summed E-state index contributed by atoms with van der Waals surface area (Å²) in [4.78, 5) is 12.3. The number of hydrogen-bond acceptors (Lipinski definition) is 5. The predicted octanol–water partition coefficient (Wildman–Crippen LogP) is 3.51. The summed E-state index contributed by atoms with van der Waals surface area (Å²) in [6.45, 7) is 5.15. The van der Waals surface area contributed by atoms with Gasteiger partial charge in [0.15, 0.2) is 0 Å². The Bertz CT molecular complexity index is 895. The van der Waals surface area contributed by atoms with E-state index in [0.717, 1.165) is 28.3 Å². The number of hydrogen-bond donors (Lipinski definition) is 3. The minimum atomic E-state index is -0.211. The van der Waals surface area contributed by atoms with Crippen LogP contribution in [0.15, 0.2) is 36.4 Å². The van der Waals surface area contributed by atoms with Crippen molar-refractivity contribution in [3.63, 3.8) is 0 Å². The van der Waals surface area contributed by atoms with E-state index in [9.17, 15) is 4.79 Å². The molecule has 2 aromatic carbocycles. The molecule has 29 heavy (non-hydrogen) atoms. The SMILES string of the molecule is C.COc1cccc2c1C1Nc3ccc(C(=O)NCCO)cc3C(C)(C)C1CO2. The van der Waals surface area contributed by atoms with Crippen LogP contribution in [0.4, 0.5) is 5.69 Å². The zero-order chi connectivity index (χ0) is 19.9. The normalized spacial score (nSPS) is 20.6. The molecule has 0 spiro atoms. The number of benzene rings is 2. The van der Waals surface area contributed by atoms with Gasteiger partial charge in [-0.15, -0.1) is 0 Å². The van der Waals surface area contributed by atoms with Crippen LogP contribution in [-0.4, -0.2) is 37.9 Å². The number of rotatable bonds is 4. The minimum absolute atomic E-state index is 0. The Morgan fingerprint density at radius 3 is 2.86 bits per heavy atom. The number of aliphatic hydroxyl groups is 1. The molecule has 2 aliphatic rings. The van der Waals surface area contributed by atoms with Crippen molar-refractivity contribution < 1.29 is 19.4 Å². The van der Waals surface area contributed by atoms with Crippen LogP contribution in [0.3, 0.4) is 0 Å². The molecule has 3 N–H and O–H groups in total. The van der Waals surface area contributed by atoms with Crippen molar-refractivity contribution >= 4 is 11.6 Å². The van der Waals surface area contributed by atoms with Gasteiger partial charge in [0.05, 0.1) is 31.9 Å². The molecule has 156 valence electrons. The fourth-order valence-corrected chi connectivity index (χ4v) is 4.39. The molecule has 6 heteroatoms. The van der Waals surface area contributed by atoms with Crippen LogP contribution in [0, 0.1) is 5.92 Å². The van der Waals surface area contributed by atoms with Gasteiger partial charge in [-0.3, -0.25) is 4.79 Å². The van der Waals surface area contributed by atoms with Gasteiger partial charge in [0.1, 0.15) is 11.5 Å². The first-order valence-corrected chi connectivity index (χ1v) is 9.57. The van der Waals surface area contributed by atoms with E-state index in [1.54, 1.807) is 7.11 Å². The monoisotopic (exact) mass is 398 g/mol. The van der Waals surface area contributed by atoms with E-state index in [-0.39, 0.29) is 43.9 Å². The molecule has 2 atom stereocenters. The van der Waals surface area contributed by atoms with E-state index in [2.05, 4.69) is 24.5 Å². The number of aliphatic hydroxyl groups excluding tert-OH is 1. The topological polar surface area (TPSA) is 79.8 Å². The Labute approximate surface area is 172 Å². The maximum Gasteiger partial charge on any atom is 0.251 e. The fourth-order valence-electron chi connectivity index (χ4n) is 4.39. The van der Waals surface area contributed by atoms with E-state index in [0.29, 0.717) is 12.2 Å². The molecule has 0 saturated heterocycles. The molecule has 2 unspecified atom stereocenters. The molecule has 2 aliphatic heterocycles. The second-order valence-electron chi connectivity index (χ2n) is 7.87. The zero-order valence-corrected chi connectivity index (χ0v) is 16.4. The molecule has 0 fully saturated rings. The number of carbonyl (C=O) groups excluding carboxylic acids is 1. The number of fused-ring (bicyclic) bond motifs is 4. The number of ether oxygens (including phenoxy) is 2. The first kappa shape index (κ1) is 21.0. The van der Waals surface area contributed by atoms with Crippen molar-refractivity contribution in [1.29, 1.82) is 0 Å². The van der Waals surface area contributed by atoms with E-state index < -0.39 is 0 Å². The first-order chi connectivity index (χ1) is 13.5. The van der Waals surface area contributed by atoms with Gasteiger partial charge in [-0.05, 0) is 35.9 Å². The van der Waals surface area contributed by atoms with Gasteiger partial charge in [0.25, 0.3) is 5.91 Å². The number of amides is 1. The van der Waals surface area contributed by atoms with Gasteiger partial charge in [0.2, 0.25) is 0 Å². The number of nitrogens with one attached hydrogen (secondary N) is 2. The third-order valence-electron chi connectivity index (χ3n) is 5.99. The highest BCUT2D eigenvalue weighted by atomic mass is 16.5. The van der Waals surface area contributed by atoms with Crippen molar-refractivity contribution in [2.75, 3.05) is 32.2 Å². The molecule has 2 heterocycles. The van der Waals surface area contributed by atoms with Gasteiger partial charge < -0.3 is 25.2 Å². The summed E-state index contributed by atoms with van der Waals surface area (Å²) in [5.41, 5.74) is 3.54. The molecule has 0 aliphatic carbocycles. The smallest absolute Gasteiger partial charge is 0.251 e. The molecule has 0 saturated carbocycles. The van der Waals surface area contributed by atoms with Crippen LogP contribution < -0.4 is 20.1 Å². The lowest BCUT2D eigenvalue weighted by Gasteiger charge is -2.48. The zero-order valence-electron chi connectivity index (χ0n) is 16.4. The summed E-state index contributed by atoms with van der Waals surface area (Å²) in [5.74, 6) is 1.67. The van der Waals surface area contributed by atoms with Crippen LogP contribution in [0.2, 0.25) is 0 Å². The van der Waals surface area contributed by atoms with E-state index in [1.165, 1.54) is 0 Å². The second-order valence-corrected chi connectivity index (χ2v) is 7.87. The van der Waals surface area contributed by atoms with Crippen LogP contribution in [0.1, 0.15) is 48.8 Å². The molecule has 0 bridgehead atoms.